The molecule has 1 unspecified atom stereocenters. The van der Waals surface area contributed by atoms with Gasteiger partial charge in [-0.05, 0) is 0 Å². The molecule has 80 valence electrons. The molecule has 5 nitrogen and oxygen atoms in total. The smallest absolute Gasteiger partial charge is 0.333 e. The largest absolute Gasteiger partial charge is 0.478 e. The molecule has 0 aliphatic rings. The fourth-order valence-corrected chi connectivity index (χ4v) is 0.769. The summed E-state index contributed by atoms with van der Waals surface area (Å²) in [7, 11) is 1.43. The Hall–Kier alpha value is -1.36. The van der Waals surface area contributed by atoms with Gasteiger partial charge in [-0.3, -0.25) is 0 Å². The molecule has 0 fully saturated rings. The van der Waals surface area contributed by atoms with Crippen LogP contribution in [0, 0.1) is 0 Å². The van der Waals surface area contributed by atoms with Gasteiger partial charge in [0.25, 0.3) is 0 Å². The van der Waals surface area contributed by atoms with Gasteiger partial charge in [-0.2, -0.15) is 0 Å². The number of carboxylic acid groups (broad SMARTS) is 1. The Bertz CT molecular complexity index is 221. The van der Waals surface area contributed by atoms with E-state index in [1.54, 1.807) is 0 Å². The molecule has 5 heteroatoms. The fraction of sp³-hybridized carbons (Fsp3) is 0.556. The van der Waals surface area contributed by atoms with Crippen LogP contribution in [0.25, 0.3) is 0 Å². The van der Waals surface area contributed by atoms with Gasteiger partial charge >= 0.3 is 11.9 Å². The third-order valence-electron chi connectivity index (χ3n) is 1.40. The average Bonchev–Trinajstić information content (AvgIpc) is 2.14. The van der Waals surface area contributed by atoms with Crippen molar-refractivity contribution in [3.63, 3.8) is 0 Å². The zero-order chi connectivity index (χ0) is 11.0. The summed E-state index contributed by atoms with van der Waals surface area (Å²) in [6.07, 6.45) is 2.37. The van der Waals surface area contributed by atoms with Crippen molar-refractivity contribution >= 4 is 11.9 Å². The summed E-state index contributed by atoms with van der Waals surface area (Å²) in [6.45, 7) is 1.92. The highest BCUT2D eigenvalue weighted by Crippen LogP contribution is 2.03. The van der Waals surface area contributed by atoms with Crippen LogP contribution >= 0.6 is 0 Å². The Kier molecular flexibility index (Phi) is 6.39. The molecule has 0 saturated carbocycles. The molecule has 0 amide bonds. The predicted molar refractivity (Wildman–Crippen MR) is 48.6 cm³/mol. The fourth-order valence-electron chi connectivity index (χ4n) is 0.769. The van der Waals surface area contributed by atoms with Crippen LogP contribution in [-0.2, 0) is 19.1 Å². The molecule has 1 atom stereocenters. The highest BCUT2D eigenvalue weighted by molar-refractivity contribution is 5.90. The second-order valence-electron chi connectivity index (χ2n) is 2.56. The van der Waals surface area contributed by atoms with Crippen molar-refractivity contribution in [3.05, 3.63) is 12.2 Å². The van der Waals surface area contributed by atoms with E-state index < -0.39 is 18.2 Å². The molecule has 0 aromatic heterocycles. The number of carboxylic acids is 1. The lowest BCUT2D eigenvalue weighted by atomic mass is 10.3. The molecule has 0 spiro atoms. The van der Waals surface area contributed by atoms with Crippen LogP contribution in [0.15, 0.2) is 12.2 Å². The minimum atomic E-state index is -1.19. The Labute approximate surface area is 82.3 Å². The molecule has 14 heavy (non-hydrogen) atoms. The van der Waals surface area contributed by atoms with Gasteiger partial charge in [0.15, 0.2) is 0 Å². The lowest BCUT2D eigenvalue weighted by Gasteiger charge is -2.13. The summed E-state index contributed by atoms with van der Waals surface area (Å²) >= 11 is 0. The number of hydrogen-bond donors (Lipinski definition) is 1. The molecule has 0 bridgehead atoms. The Morgan fingerprint density at radius 3 is 2.50 bits per heavy atom. The number of ether oxygens (including phenoxy) is 2. The van der Waals surface area contributed by atoms with Gasteiger partial charge in [-0.1, -0.05) is 13.3 Å². The van der Waals surface area contributed by atoms with E-state index in [0.29, 0.717) is 6.42 Å². The molecule has 0 radical (unpaired) electrons. The van der Waals surface area contributed by atoms with E-state index in [2.05, 4.69) is 0 Å². The first-order chi connectivity index (χ1) is 6.60. The van der Waals surface area contributed by atoms with Crippen molar-refractivity contribution in [1.82, 2.24) is 0 Å². The number of hydrogen-bond acceptors (Lipinski definition) is 4. The van der Waals surface area contributed by atoms with Gasteiger partial charge in [0, 0.05) is 25.7 Å². The first kappa shape index (κ1) is 12.6. The monoisotopic (exact) mass is 202 g/mol. The normalized spacial score (nSPS) is 12.7. The molecule has 0 aromatic rings. The second kappa shape index (κ2) is 7.08. The Morgan fingerprint density at radius 1 is 1.43 bits per heavy atom. The van der Waals surface area contributed by atoms with Crippen molar-refractivity contribution in [3.8, 4) is 0 Å². The molecule has 0 aliphatic heterocycles. The van der Waals surface area contributed by atoms with Gasteiger partial charge in [0.05, 0.1) is 0 Å². The van der Waals surface area contributed by atoms with Crippen LogP contribution in [0.5, 0.6) is 0 Å². The van der Waals surface area contributed by atoms with E-state index >= 15 is 0 Å². The zero-order valence-electron chi connectivity index (χ0n) is 8.23. The maximum atomic E-state index is 10.9. The quantitative estimate of drug-likeness (QED) is 0.394. The lowest BCUT2D eigenvalue weighted by Crippen LogP contribution is -2.18. The van der Waals surface area contributed by atoms with Crippen molar-refractivity contribution < 1.29 is 24.2 Å². The molecule has 0 heterocycles. The van der Waals surface area contributed by atoms with Crippen molar-refractivity contribution in [2.45, 2.75) is 26.1 Å². The van der Waals surface area contributed by atoms with Gasteiger partial charge in [-0.25, -0.2) is 9.59 Å². The topological polar surface area (TPSA) is 72.8 Å². The van der Waals surface area contributed by atoms with Crippen LogP contribution in [-0.4, -0.2) is 30.4 Å². The third kappa shape index (κ3) is 6.19. The van der Waals surface area contributed by atoms with E-state index in [9.17, 15) is 9.59 Å². The molecule has 0 saturated heterocycles. The summed E-state index contributed by atoms with van der Waals surface area (Å²) in [4.78, 5) is 21.0. The summed E-state index contributed by atoms with van der Waals surface area (Å²) < 4.78 is 9.62. The molecule has 1 N–H and O–H groups in total. The SMILES string of the molecule is CCCC(OC)OC(=O)C=CC(=O)O. The number of esters is 1. The van der Waals surface area contributed by atoms with E-state index in [1.165, 1.54) is 7.11 Å². The molecular formula is C9H14O5. The van der Waals surface area contributed by atoms with Crippen LogP contribution in [0.1, 0.15) is 19.8 Å². The van der Waals surface area contributed by atoms with Crippen molar-refractivity contribution in [2.24, 2.45) is 0 Å². The predicted octanol–water partition coefficient (Wildman–Crippen LogP) is 0.943. The minimum absolute atomic E-state index is 0.586. The van der Waals surface area contributed by atoms with Crippen molar-refractivity contribution in [2.75, 3.05) is 7.11 Å². The summed E-state index contributed by atoms with van der Waals surface area (Å²) in [6, 6.07) is 0. The lowest BCUT2D eigenvalue weighted by molar-refractivity contribution is -0.168. The number of aliphatic carboxylic acids is 1. The van der Waals surface area contributed by atoms with Crippen LogP contribution in [0.3, 0.4) is 0 Å². The van der Waals surface area contributed by atoms with Gasteiger partial charge in [-0.15, -0.1) is 0 Å². The molecule has 0 rings (SSSR count). The molecule has 0 aliphatic carbocycles. The van der Waals surface area contributed by atoms with Crippen LogP contribution < -0.4 is 0 Å². The second-order valence-corrected chi connectivity index (χ2v) is 2.56. The Balaban J connectivity index is 3.96. The number of carbonyl (C=O) groups is 2. The van der Waals surface area contributed by atoms with Gasteiger partial charge < -0.3 is 14.6 Å². The third-order valence-corrected chi connectivity index (χ3v) is 1.40. The highest BCUT2D eigenvalue weighted by atomic mass is 16.7. The van der Waals surface area contributed by atoms with E-state index in [4.69, 9.17) is 14.6 Å². The van der Waals surface area contributed by atoms with Crippen LogP contribution in [0.2, 0.25) is 0 Å². The maximum Gasteiger partial charge on any atom is 0.333 e. The summed E-state index contributed by atoms with van der Waals surface area (Å²) in [5.41, 5.74) is 0. The van der Waals surface area contributed by atoms with Gasteiger partial charge in [0.1, 0.15) is 0 Å². The minimum Gasteiger partial charge on any atom is -0.478 e. The first-order valence-electron chi connectivity index (χ1n) is 4.24. The highest BCUT2D eigenvalue weighted by Gasteiger charge is 2.09. The summed E-state index contributed by atoms with van der Waals surface area (Å²) in [5, 5.41) is 8.23. The van der Waals surface area contributed by atoms with Gasteiger partial charge in [0.2, 0.25) is 6.29 Å². The first-order valence-corrected chi connectivity index (χ1v) is 4.24. The molecule has 0 aromatic carbocycles. The average molecular weight is 202 g/mol. The molecular weight excluding hydrogens is 188 g/mol. The van der Waals surface area contributed by atoms with Crippen LogP contribution in [0.4, 0.5) is 0 Å². The van der Waals surface area contributed by atoms with E-state index in [-0.39, 0.29) is 0 Å². The van der Waals surface area contributed by atoms with E-state index in [0.717, 1.165) is 18.6 Å². The number of rotatable bonds is 6. The van der Waals surface area contributed by atoms with E-state index in [1.807, 2.05) is 6.92 Å². The zero-order valence-corrected chi connectivity index (χ0v) is 8.23. The Morgan fingerprint density at radius 2 is 2.07 bits per heavy atom. The maximum absolute atomic E-state index is 10.9. The standard InChI is InChI=1S/C9H14O5/c1-3-4-9(13-2)14-8(12)6-5-7(10)11/h5-6,9H,3-4H2,1-2H3,(H,10,11). The number of carbonyl (C=O) groups excluding carboxylic acids is 1. The number of methoxy groups -OCH3 is 1. The van der Waals surface area contributed by atoms with Crippen molar-refractivity contribution in [1.29, 1.82) is 0 Å². The summed E-state index contributed by atoms with van der Waals surface area (Å²) in [5.74, 6) is -1.90.